The van der Waals surface area contributed by atoms with E-state index in [9.17, 15) is 9.59 Å². The molecular formula is C16H21NO4S. The van der Waals surface area contributed by atoms with Crippen LogP contribution in [0.15, 0.2) is 24.3 Å². The third-order valence-corrected chi connectivity index (χ3v) is 4.90. The number of aliphatic hydroxyl groups excluding tert-OH is 1. The highest BCUT2D eigenvalue weighted by Crippen LogP contribution is 2.38. The van der Waals surface area contributed by atoms with Gasteiger partial charge in [0.05, 0.1) is 18.4 Å². The number of esters is 1. The smallest absolute Gasteiger partial charge is 0.337 e. The van der Waals surface area contributed by atoms with Gasteiger partial charge < -0.3 is 14.7 Å². The van der Waals surface area contributed by atoms with E-state index in [0.717, 1.165) is 24.8 Å². The minimum absolute atomic E-state index is 0.00771. The molecule has 0 aliphatic carbocycles. The fourth-order valence-electron chi connectivity index (χ4n) is 2.44. The number of hydrogen-bond acceptors (Lipinski definition) is 5. The standard InChI is InChI=1S/C16H21NO4S/c1-21-16(20)13-7-5-12(6-8-13)15-17(14(19)11-22-15)9-3-2-4-10-18/h5-8,15,18H,2-4,9-11H2,1H3. The number of hydrogen-bond donors (Lipinski definition) is 1. The average Bonchev–Trinajstić information content (AvgIpc) is 2.92. The maximum Gasteiger partial charge on any atom is 0.337 e. The van der Waals surface area contributed by atoms with E-state index in [1.54, 1.807) is 23.9 Å². The topological polar surface area (TPSA) is 66.8 Å². The van der Waals surface area contributed by atoms with Crippen LogP contribution in [-0.2, 0) is 9.53 Å². The van der Waals surface area contributed by atoms with Crippen LogP contribution in [0.4, 0.5) is 0 Å². The molecule has 1 aromatic carbocycles. The summed E-state index contributed by atoms with van der Waals surface area (Å²) >= 11 is 1.61. The van der Waals surface area contributed by atoms with Crippen LogP contribution in [-0.4, -0.2) is 47.9 Å². The van der Waals surface area contributed by atoms with E-state index in [1.165, 1.54) is 7.11 Å². The maximum absolute atomic E-state index is 12.0. The molecule has 0 radical (unpaired) electrons. The molecule has 1 amide bonds. The number of amides is 1. The van der Waals surface area contributed by atoms with Crippen LogP contribution < -0.4 is 0 Å². The van der Waals surface area contributed by atoms with Gasteiger partial charge in [0.2, 0.25) is 5.91 Å². The van der Waals surface area contributed by atoms with Gasteiger partial charge in [-0.05, 0) is 37.0 Å². The van der Waals surface area contributed by atoms with Crippen molar-refractivity contribution in [2.24, 2.45) is 0 Å². The average molecular weight is 323 g/mol. The number of benzene rings is 1. The van der Waals surface area contributed by atoms with Crippen LogP contribution in [0.1, 0.15) is 40.6 Å². The molecule has 1 fully saturated rings. The van der Waals surface area contributed by atoms with Crippen LogP contribution in [0.2, 0.25) is 0 Å². The van der Waals surface area contributed by atoms with Crippen molar-refractivity contribution in [2.45, 2.75) is 24.6 Å². The Morgan fingerprint density at radius 3 is 2.68 bits per heavy atom. The summed E-state index contributed by atoms with van der Waals surface area (Å²) in [6, 6.07) is 7.22. The summed E-state index contributed by atoms with van der Waals surface area (Å²) in [5.41, 5.74) is 1.53. The van der Waals surface area contributed by atoms with Crippen molar-refractivity contribution in [1.82, 2.24) is 4.90 Å². The molecule has 1 heterocycles. The Morgan fingerprint density at radius 2 is 2.05 bits per heavy atom. The highest BCUT2D eigenvalue weighted by atomic mass is 32.2. The van der Waals surface area contributed by atoms with Crippen molar-refractivity contribution in [2.75, 3.05) is 26.0 Å². The Balaban J connectivity index is 2.02. The van der Waals surface area contributed by atoms with E-state index < -0.39 is 0 Å². The number of aliphatic hydroxyl groups is 1. The Labute approximate surface area is 134 Å². The number of nitrogens with zero attached hydrogens (tertiary/aromatic N) is 1. The van der Waals surface area contributed by atoms with E-state index in [0.29, 0.717) is 17.9 Å². The molecule has 120 valence electrons. The number of carbonyl (C=O) groups excluding carboxylic acids is 2. The molecule has 0 spiro atoms. The van der Waals surface area contributed by atoms with Crippen molar-refractivity contribution in [3.63, 3.8) is 0 Å². The van der Waals surface area contributed by atoms with Crippen LogP contribution in [0, 0.1) is 0 Å². The zero-order chi connectivity index (χ0) is 15.9. The molecule has 1 unspecified atom stereocenters. The van der Waals surface area contributed by atoms with Crippen LogP contribution in [0.25, 0.3) is 0 Å². The van der Waals surface area contributed by atoms with Gasteiger partial charge in [-0.2, -0.15) is 0 Å². The van der Waals surface area contributed by atoms with E-state index >= 15 is 0 Å². The third kappa shape index (κ3) is 4.01. The molecule has 0 bridgehead atoms. The van der Waals surface area contributed by atoms with Gasteiger partial charge in [0.1, 0.15) is 5.37 Å². The fraction of sp³-hybridized carbons (Fsp3) is 0.500. The fourth-order valence-corrected chi connectivity index (χ4v) is 3.66. The number of thioether (sulfide) groups is 1. The van der Waals surface area contributed by atoms with Gasteiger partial charge in [-0.1, -0.05) is 12.1 Å². The van der Waals surface area contributed by atoms with E-state index in [2.05, 4.69) is 4.74 Å². The molecule has 1 aliphatic heterocycles. The highest BCUT2D eigenvalue weighted by Gasteiger charge is 2.32. The van der Waals surface area contributed by atoms with Crippen LogP contribution in [0.5, 0.6) is 0 Å². The van der Waals surface area contributed by atoms with Crippen molar-refractivity contribution in [1.29, 1.82) is 0 Å². The van der Waals surface area contributed by atoms with E-state index in [4.69, 9.17) is 5.11 Å². The summed E-state index contributed by atoms with van der Waals surface area (Å²) in [5, 5.41) is 8.82. The van der Waals surface area contributed by atoms with Crippen molar-refractivity contribution in [3.8, 4) is 0 Å². The van der Waals surface area contributed by atoms with Crippen molar-refractivity contribution in [3.05, 3.63) is 35.4 Å². The number of ether oxygens (including phenoxy) is 1. The number of unbranched alkanes of at least 4 members (excludes halogenated alkanes) is 2. The van der Waals surface area contributed by atoms with E-state index in [-0.39, 0.29) is 23.9 Å². The predicted molar refractivity (Wildman–Crippen MR) is 85.6 cm³/mol. The molecule has 22 heavy (non-hydrogen) atoms. The normalized spacial score (nSPS) is 17.8. The summed E-state index contributed by atoms with van der Waals surface area (Å²) < 4.78 is 4.69. The Morgan fingerprint density at radius 1 is 1.32 bits per heavy atom. The monoisotopic (exact) mass is 323 g/mol. The van der Waals surface area contributed by atoms with Gasteiger partial charge in [-0.15, -0.1) is 11.8 Å². The Kier molecular flexibility index (Phi) is 6.27. The van der Waals surface area contributed by atoms with Gasteiger partial charge in [-0.3, -0.25) is 4.79 Å². The summed E-state index contributed by atoms with van der Waals surface area (Å²) in [7, 11) is 1.36. The van der Waals surface area contributed by atoms with Gasteiger partial charge in [0.15, 0.2) is 0 Å². The first-order valence-electron chi connectivity index (χ1n) is 7.37. The zero-order valence-corrected chi connectivity index (χ0v) is 13.5. The van der Waals surface area contributed by atoms with Gasteiger partial charge >= 0.3 is 5.97 Å². The van der Waals surface area contributed by atoms with Gasteiger partial charge in [-0.25, -0.2) is 4.79 Å². The zero-order valence-electron chi connectivity index (χ0n) is 12.7. The molecule has 1 aromatic rings. The van der Waals surface area contributed by atoms with Crippen LogP contribution in [0.3, 0.4) is 0 Å². The molecule has 1 saturated heterocycles. The van der Waals surface area contributed by atoms with Crippen molar-refractivity contribution < 1.29 is 19.4 Å². The lowest BCUT2D eigenvalue weighted by molar-refractivity contribution is -0.128. The number of methoxy groups -OCH3 is 1. The van der Waals surface area contributed by atoms with E-state index in [1.807, 2.05) is 17.0 Å². The molecule has 5 nitrogen and oxygen atoms in total. The van der Waals surface area contributed by atoms with Gasteiger partial charge in [0, 0.05) is 13.2 Å². The first-order chi connectivity index (χ1) is 10.7. The summed E-state index contributed by atoms with van der Waals surface area (Å²) in [6.07, 6.45) is 2.58. The highest BCUT2D eigenvalue weighted by molar-refractivity contribution is 8.00. The van der Waals surface area contributed by atoms with Gasteiger partial charge in [0.25, 0.3) is 0 Å². The molecule has 2 rings (SSSR count). The first-order valence-corrected chi connectivity index (χ1v) is 8.42. The second-order valence-corrected chi connectivity index (χ2v) is 6.22. The maximum atomic E-state index is 12.0. The lowest BCUT2D eigenvalue weighted by Gasteiger charge is -2.24. The molecule has 0 aromatic heterocycles. The summed E-state index contributed by atoms with van der Waals surface area (Å²) in [4.78, 5) is 25.4. The predicted octanol–water partition coefficient (Wildman–Crippen LogP) is 2.21. The molecule has 6 heteroatoms. The minimum Gasteiger partial charge on any atom is -0.465 e. The third-order valence-electron chi connectivity index (χ3n) is 3.64. The quantitative estimate of drug-likeness (QED) is 0.615. The molecular weight excluding hydrogens is 302 g/mol. The minimum atomic E-state index is -0.359. The lowest BCUT2D eigenvalue weighted by Crippen LogP contribution is -2.29. The number of rotatable bonds is 7. The second kappa shape index (κ2) is 8.19. The summed E-state index contributed by atoms with van der Waals surface area (Å²) in [6.45, 7) is 0.899. The first kappa shape index (κ1) is 16.8. The molecule has 1 aliphatic rings. The molecule has 0 saturated carbocycles. The second-order valence-electron chi connectivity index (χ2n) is 5.15. The molecule has 1 N–H and O–H groups in total. The Hall–Kier alpha value is -1.53. The number of carbonyl (C=O) groups is 2. The SMILES string of the molecule is COC(=O)c1ccc(C2SCC(=O)N2CCCCCO)cc1. The van der Waals surface area contributed by atoms with Crippen molar-refractivity contribution >= 4 is 23.6 Å². The summed E-state index contributed by atoms with van der Waals surface area (Å²) in [5.74, 6) is 0.280. The molecule has 1 atom stereocenters. The largest absolute Gasteiger partial charge is 0.465 e. The lowest BCUT2D eigenvalue weighted by atomic mass is 10.1. The van der Waals surface area contributed by atoms with Crippen LogP contribution >= 0.6 is 11.8 Å². The Bertz CT molecular complexity index is 517.